The minimum atomic E-state index is -0.929. The van der Waals surface area contributed by atoms with Crippen molar-refractivity contribution in [1.29, 1.82) is 0 Å². The van der Waals surface area contributed by atoms with Crippen LogP contribution in [-0.4, -0.2) is 62.1 Å². The standard InChI is InChI=1S/C13H21N2O3.2CH4/c1-14(2,3)10-15(4,5)18-12-8-6-11(7-9-12)13(16)17;;/h6-9H,10H2,1-5H3;2*1H4/q+1;;/p+1. The van der Waals surface area contributed by atoms with Gasteiger partial charge in [0.05, 0.1) is 26.7 Å². The first kappa shape index (κ1) is 20.7. The third-order valence-electron chi connectivity index (χ3n) is 2.22. The lowest BCUT2D eigenvalue weighted by Crippen LogP contribution is -2.55. The van der Waals surface area contributed by atoms with Crippen molar-refractivity contribution in [2.45, 2.75) is 14.9 Å². The Morgan fingerprint density at radius 1 is 1.05 bits per heavy atom. The fourth-order valence-electron chi connectivity index (χ4n) is 1.99. The van der Waals surface area contributed by atoms with Gasteiger partial charge >= 0.3 is 5.97 Å². The summed E-state index contributed by atoms with van der Waals surface area (Å²) in [6.07, 6.45) is 0. The van der Waals surface area contributed by atoms with Crippen LogP contribution >= 0.6 is 0 Å². The van der Waals surface area contributed by atoms with Crippen molar-refractivity contribution in [3.8, 4) is 5.75 Å². The van der Waals surface area contributed by atoms with E-state index < -0.39 is 5.97 Å². The van der Waals surface area contributed by atoms with Crippen LogP contribution in [0.3, 0.4) is 0 Å². The maximum Gasteiger partial charge on any atom is 0.335 e. The number of aromatic carboxylic acids is 1. The number of hydroxylamine groups is 3. The zero-order valence-corrected chi connectivity index (χ0v) is 11.7. The highest BCUT2D eigenvalue weighted by atomic mass is 16.7. The predicted molar refractivity (Wildman–Crippen MR) is 82.5 cm³/mol. The van der Waals surface area contributed by atoms with Crippen molar-refractivity contribution in [2.75, 3.05) is 41.9 Å². The normalized spacial score (nSPS) is 11.1. The molecule has 5 heteroatoms. The molecule has 1 aromatic rings. The van der Waals surface area contributed by atoms with Gasteiger partial charge in [-0.1, -0.05) is 19.5 Å². The second-order valence-corrected chi connectivity index (χ2v) is 5.93. The largest absolute Gasteiger partial charge is 0.478 e. The van der Waals surface area contributed by atoms with Crippen LogP contribution in [-0.2, 0) is 0 Å². The average Bonchev–Trinajstić information content (AvgIpc) is 2.13. The van der Waals surface area contributed by atoms with Crippen LogP contribution in [0.5, 0.6) is 5.75 Å². The van der Waals surface area contributed by atoms with E-state index in [2.05, 4.69) is 21.1 Å². The van der Waals surface area contributed by atoms with Gasteiger partial charge in [0.15, 0.2) is 5.75 Å². The Labute approximate surface area is 123 Å². The fourth-order valence-corrected chi connectivity index (χ4v) is 1.99. The molecular formula is C15H30N2O3+2. The maximum absolute atomic E-state index is 10.7. The maximum atomic E-state index is 10.7. The fraction of sp³-hybridized carbons (Fsp3) is 0.533. The number of nitrogens with zero attached hydrogens (tertiary/aromatic N) is 2. The molecule has 1 aromatic carbocycles. The van der Waals surface area contributed by atoms with Gasteiger partial charge < -0.3 is 9.94 Å². The predicted octanol–water partition coefficient (Wildman–Crippen LogP) is 2.69. The van der Waals surface area contributed by atoms with E-state index in [1.165, 1.54) is 0 Å². The summed E-state index contributed by atoms with van der Waals surface area (Å²) in [5.74, 6) is -0.264. The number of hydrogen-bond donors (Lipinski definition) is 1. The second kappa shape index (κ2) is 7.26. The summed E-state index contributed by atoms with van der Waals surface area (Å²) in [7, 11) is 10.2. The van der Waals surface area contributed by atoms with Crippen LogP contribution in [0.4, 0.5) is 0 Å². The van der Waals surface area contributed by atoms with Gasteiger partial charge in [0.1, 0.15) is 14.1 Å². The summed E-state index contributed by atoms with van der Waals surface area (Å²) in [5, 5.41) is 8.81. The molecule has 0 radical (unpaired) electrons. The molecule has 0 spiro atoms. The van der Waals surface area contributed by atoms with E-state index in [-0.39, 0.29) is 20.4 Å². The van der Waals surface area contributed by atoms with Crippen LogP contribution in [0.25, 0.3) is 0 Å². The third kappa shape index (κ3) is 7.11. The van der Waals surface area contributed by atoms with Gasteiger partial charge in [-0.25, -0.2) is 4.79 Å². The number of quaternary nitrogens is 2. The lowest BCUT2D eigenvalue weighted by molar-refractivity contribution is -1.15. The van der Waals surface area contributed by atoms with E-state index in [4.69, 9.17) is 9.94 Å². The molecule has 1 N–H and O–H groups in total. The van der Waals surface area contributed by atoms with Gasteiger partial charge in [-0.3, -0.25) is 4.48 Å². The topological polar surface area (TPSA) is 46.5 Å². The highest BCUT2D eigenvalue weighted by Gasteiger charge is 2.26. The molecule has 0 atom stereocenters. The zero-order chi connectivity index (χ0) is 14.0. The Bertz CT molecular complexity index is 420. The van der Waals surface area contributed by atoms with Crippen molar-refractivity contribution < 1.29 is 23.9 Å². The molecule has 0 amide bonds. The Kier molecular flexibility index (Phi) is 7.52. The van der Waals surface area contributed by atoms with Gasteiger partial charge in [-0.15, -0.1) is 0 Å². The lowest BCUT2D eigenvalue weighted by Gasteiger charge is -2.33. The molecule has 116 valence electrons. The van der Waals surface area contributed by atoms with Crippen LogP contribution in [0.1, 0.15) is 25.2 Å². The Balaban J connectivity index is 0. The molecule has 0 aliphatic heterocycles. The van der Waals surface area contributed by atoms with Gasteiger partial charge in [-0.05, 0) is 24.3 Å². The Morgan fingerprint density at radius 2 is 1.50 bits per heavy atom. The van der Waals surface area contributed by atoms with E-state index in [0.29, 0.717) is 10.4 Å². The first-order chi connectivity index (χ1) is 8.09. The summed E-state index contributed by atoms with van der Waals surface area (Å²) in [4.78, 5) is 16.6. The molecule has 0 aliphatic rings. The highest BCUT2D eigenvalue weighted by molar-refractivity contribution is 5.87. The number of rotatable bonds is 5. The van der Waals surface area contributed by atoms with Crippen LogP contribution in [0.2, 0.25) is 0 Å². The minimum absolute atomic E-state index is 0. The van der Waals surface area contributed by atoms with Gasteiger partial charge in [0.2, 0.25) is 6.67 Å². The van der Waals surface area contributed by atoms with Gasteiger partial charge in [-0.2, -0.15) is 0 Å². The molecule has 20 heavy (non-hydrogen) atoms. The zero-order valence-electron chi connectivity index (χ0n) is 11.7. The van der Waals surface area contributed by atoms with Crippen LogP contribution < -0.4 is 4.84 Å². The van der Waals surface area contributed by atoms with E-state index in [9.17, 15) is 4.79 Å². The van der Waals surface area contributed by atoms with E-state index in [1.807, 2.05) is 14.1 Å². The average molecular weight is 286 g/mol. The molecule has 0 saturated heterocycles. The Morgan fingerprint density at radius 3 is 1.85 bits per heavy atom. The first-order valence-electron chi connectivity index (χ1n) is 5.75. The SMILES string of the molecule is C.C.C[N+](C)(C)C[N+](C)(C)Oc1ccc(C(=O)O)cc1. The highest BCUT2D eigenvalue weighted by Crippen LogP contribution is 2.16. The van der Waals surface area contributed by atoms with E-state index >= 15 is 0 Å². The molecule has 0 saturated carbocycles. The molecule has 0 fully saturated rings. The monoisotopic (exact) mass is 286 g/mol. The van der Waals surface area contributed by atoms with Gasteiger partial charge in [0, 0.05) is 0 Å². The quantitative estimate of drug-likeness (QED) is 0.514. The number of hydrogen-bond acceptors (Lipinski definition) is 2. The summed E-state index contributed by atoms with van der Waals surface area (Å²) < 4.78 is 1.15. The van der Waals surface area contributed by atoms with Gasteiger partial charge in [0.25, 0.3) is 0 Å². The van der Waals surface area contributed by atoms with E-state index in [1.54, 1.807) is 24.3 Å². The molecule has 5 nitrogen and oxygen atoms in total. The van der Waals surface area contributed by atoms with Crippen LogP contribution in [0.15, 0.2) is 24.3 Å². The molecular weight excluding hydrogens is 256 g/mol. The number of benzene rings is 1. The second-order valence-electron chi connectivity index (χ2n) is 5.93. The molecule has 0 aromatic heterocycles. The van der Waals surface area contributed by atoms with Crippen molar-refractivity contribution >= 4 is 5.97 Å². The van der Waals surface area contributed by atoms with Crippen molar-refractivity contribution in [3.05, 3.63) is 29.8 Å². The summed E-state index contributed by atoms with van der Waals surface area (Å²) in [5.41, 5.74) is 0.263. The first-order valence-corrected chi connectivity index (χ1v) is 5.75. The molecule has 0 heterocycles. The summed E-state index contributed by atoms with van der Waals surface area (Å²) >= 11 is 0. The molecule has 1 rings (SSSR count). The summed E-state index contributed by atoms with van der Waals surface area (Å²) in [6, 6.07) is 6.45. The van der Waals surface area contributed by atoms with Crippen molar-refractivity contribution in [3.63, 3.8) is 0 Å². The minimum Gasteiger partial charge on any atom is -0.478 e. The smallest absolute Gasteiger partial charge is 0.335 e. The van der Waals surface area contributed by atoms with Crippen LogP contribution in [0, 0.1) is 0 Å². The lowest BCUT2D eigenvalue weighted by atomic mass is 10.2. The third-order valence-corrected chi connectivity index (χ3v) is 2.22. The Hall–Kier alpha value is -1.59. The van der Waals surface area contributed by atoms with Crippen molar-refractivity contribution in [2.24, 2.45) is 0 Å². The summed E-state index contributed by atoms with van der Waals surface area (Å²) in [6.45, 7) is 0.792. The number of carbonyl (C=O) groups is 1. The molecule has 0 aliphatic carbocycles. The number of carboxylic acids is 1. The molecule has 0 bridgehead atoms. The van der Waals surface area contributed by atoms with E-state index in [0.717, 1.165) is 11.2 Å². The van der Waals surface area contributed by atoms with Crippen molar-refractivity contribution in [1.82, 2.24) is 0 Å². The molecule has 0 unspecified atom stereocenters. The number of carboxylic acid groups (broad SMARTS) is 1.